The second-order valence-electron chi connectivity index (χ2n) is 10.5. The van der Waals surface area contributed by atoms with Crippen LogP contribution in [0.4, 0.5) is 10.1 Å². The second-order valence-corrected chi connectivity index (χ2v) is 12.6. The monoisotopic (exact) mass is 535 g/mol. The van der Waals surface area contributed by atoms with Crippen molar-refractivity contribution in [3.63, 3.8) is 0 Å². The van der Waals surface area contributed by atoms with Crippen LogP contribution in [-0.2, 0) is 7.05 Å². The van der Waals surface area contributed by atoms with Crippen molar-refractivity contribution in [1.82, 2.24) is 0 Å². The largest absolute Gasteiger partial charge is 0.338 e. The van der Waals surface area contributed by atoms with Crippen LogP contribution in [0.15, 0.2) is 100.0 Å². The fourth-order valence-electron chi connectivity index (χ4n) is 5.92. The Morgan fingerprint density at radius 3 is 2.68 bits per heavy atom. The summed E-state index contributed by atoms with van der Waals surface area (Å²) in [4.78, 5) is 3.15. The molecular weight excluding hydrogens is 508 g/mol. The Morgan fingerprint density at radius 1 is 0.947 bits per heavy atom. The Labute approximate surface area is 230 Å². The summed E-state index contributed by atoms with van der Waals surface area (Å²) in [6.45, 7) is 2.33. The molecule has 5 aromatic rings. The Balaban J connectivity index is 1.28. The molecule has 1 atom stereocenters. The van der Waals surface area contributed by atoms with Gasteiger partial charge in [-0.25, -0.2) is 4.39 Å². The lowest BCUT2D eigenvalue weighted by Crippen LogP contribution is -2.29. The summed E-state index contributed by atoms with van der Waals surface area (Å²) >= 11 is 3.51. The van der Waals surface area contributed by atoms with E-state index in [1.165, 1.54) is 54.0 Å². The molecular formula is C33H28FN2S2+. The molecule has 2 nitrogen and oxygen atoms in total. The highest BCUT2D eigenvalue weighted by molar-refractivity contribution is 8.03. The van der Waals surface area contributed by atoms with Crippen LogP contribution in [0.2, 0.25) is 0 Å². The first-order valence-corrected chi connectivity index (χ1v) is 14.6. The topological polar surface area (TPSA) is 7.12 Å². The van der Waals surface area contributed by atoms with E-state index in [4.69, 9.17) is 0 Å². The van der Waals surface area contributed by atoms with Crippen LogP contribution in [0.3, 0.4) is 0 Å². The highest BCUT2D eigenvalue weighted by Crippen LogP contribution is 2.46. The fraction of sp³-hybridized carbons (Fsp3) is 0.182. The van der Waals surface area contributed by atoms with Crippen molar-refractivity contribution in [3.05, 3.63) is 106 Å². The van der Waals surface area contributed by atoms with Crippen LogP contribution in [-0.4, -0.2) is 7.05 Å². The third kappa shape index (κ3) is 3.96. The standard InChI is InChI=1S/C33H28FN2S2/c1-20-14-21(17-31-35(2)28-12-9-24(34)19-30(28)38-31)16-22(15-20)18-32-36(3)33-27-10-8-23-6-4-5-7-25(23)26(27)11-13-29(33)37-32/h4-13,16-20H,14-15H2,1-3H3/q+1. The van der Waals surface area contributed by atoms with Gasteiger partial charge in [-0.1, -0.05) is 72.5 Å². The Bertz CT molecular complexity index is 1860. The summed E-state index contributed by atoms with van der Waals surface area (Å²) < 4.78 is 17.5. The maximum absolute atomic E-state index is 13.8. The van der Waals surface area contributed by atoms with Gasteiger partial charge < -0.3 is 4.90 Å². The first kappa shape index (κ1) is 23.7. The number of halogens is 1. The smallest absolute Gasteiger partial charge is 0.262 e. The molecule has 0 fully saturated rings. The van der Waals surface area contributed by atoms with Gasteiger partial charge in [0.2, 0.25) is 5.52 Å². The van der Waals surface area contributed by atoms with Crippen LogP contribution in [0.1, 0.15) is 24.8 Å². The number of hydrogen-bond acceptors (Lipinski definition) is 3. The number of nitrogens with zero attached hydrogens (tertiary/aromatic N) is 2. The number of fused-ring (bicyclic) bond motifs is 6. The lowest BCUT2D eigenvalue weighted by molar-refractivity contribution is -0.641. The highest BCUT2D eigenvalue weighted by Gasteiger charge is 2.25. The zero-order chi connectivity index (χ0) is 26.0. The van der Waals surface area contributed by atoms with Crippen LogP contribution >= 0.6 is 23.1 Å². The Morgan fingerprint density at radius 2 is 1.79 bits per heavy atom. The van der Waals surface area contributed by atoms with E-state index in [1.54, 1.807) is 17.8 Å². The molecule has 1 aliphatic carbocycles. The molecule has 0 saturated heterocycles. The normalized spacial score (nSPS) is 19.7. The number of anilines is 1. The van der Waals surface area contributed by atoms with Gasteiger partial charge in [-0.2, -0.15) is 4.57 Å². The number of thioether (sulfide) groups is 1. The van der Waals surface area contributed by atoms with E-state index in [9.17, 15) is 4.39 Å². The number of allylic oxidation sites excluding steroid dienone is 4. The van der Waals surface area contributed by atoms with Gasteiger partial charge >= 0.3 is 0 Å². The summed E-state index contributed by atoms with van der Waals surface area (Å²) in [7, 11) is 4.26. The van der Waals surface area contributed by atoms with Gasteiger partial charge in [-0.15, -0.1) is 0 Å². The van der Waals surface area contributed by atoms with Gasteiger partial charge in [-0.3, -0.25) is 0 Å². The zero-order valence-corrected chi connectivity index (χ0v) is 23.3. The average molecular weight is 536 g/mol. The first-order chi connectivity index (χ1) is 18.4. The van der Waals surface area contributed by atoms with Crippen LogP contribution < -0.4 is 9.47 Å². The summed E-state index contributed by atoms with van der Waals surface area (Å²) in [6, 6.07) is 22.7. The minimum absolute atomic E-state index is 0.182. The van der Waals surface area contributed by atoms with Crippen molar-refractivity contribution in [3.8, 4) is 0 Å². The molecule has 0 amide bonds. The van der Waals surface area contributed by atoms with Crippen molar-refractivity contribution in [2.75, 3.05) is 11.9 Å². The van der Waals surface area contributed by atoms with Crippen molar-refractivity contribution in [1.29, 1.82) is 0 Å². The molecule has 2 heterocycles. The maximum atomic E-state index is 13.8. The zero-order valence-electron chi connectivity index (χ0n) is 21.7. The number of thiazole rings is 1. The molecule has 4 aromatic carbocycles. The number of benzene rings is 4. The molecule has 5 heteroatoms. The van der Waals surface area contributed by atoms with Gasteiger partial charge in [0.15, 0.2) is 0 Å². The minimum atomic E-state index is -0.182. The van der Waals surface area contributed by atoms with E-state index in [1.807, 2.05) is 17.4 Å². The van der Waals surface area contributed by atoms with Crippen LogP contribution in [0.25, 0.3) is 37.8 Å². The molecule has 0 spiro atoms. The van der Waals surface area contributed by atoms with Crippen LogP contribution in [0.5, 0.6) is 0 Å². The summed E-state index contributed by atoms with van der Waals surface area (Å²) in [6.07, 6.45) is 9.15. The number of aromatic nitrogens is 1. The lowest BCUT2D eigenvalue weighted by atomic mass is 9.87. The van der Waals surface area contributed by atoms with Crippen LogP contribution in [0, 0.1) is 11.7 Å². The molecule has 0 saturated carbocycles. The third-order valence-corrected chi connectivity index (χ3v) is 10.0. The molecule has 1 aliphatic heterocycles. The van der Waals surface area contributed by atoms with Crippen molar-refractivity contribution in [2.24, 2.45) is 13.0 Å². The lowest BCUT2D eigenvalue weighted by Gasteiger charge is -2.21. The van der Waals surface area contributed by atoms with E-state index in [0.29, 0.717) is 5.92 Å². The SMILES string of the molecule is CC1CC(C=C2Sc3cc(F)ccc3N2C)=CC(=Cc2sc3ccc4c5ccccc5ccc4c3[n+]2C)C1. The highest BCUT2D eigenvalue weighted by atomic mass is 32.2. The maximum Gasteiger partial charge on any atom is 0.262 e. The number of rotatable bonds is 2. The third-order valence-electron chi connectivity index (χ3n) is 7.73. The van der Waals surface area contributed by atoms with E-state index >= 15 is 0 Å². The number of hydrogen-bond donors (Lipinski definition) is 0. The predicted octanol–water partition coefficient (Wildman–Crippen LogP) is 8.99. The van der Waals surface area contributed by atoms with E-state index < -0.39 is 0 Å². The van der Waals surface area contributed by atoms with Gasteiger partial charge in [0.25, 0.3) is 5.01 Å². The fourth-order valence-corrected chi connectivity index (χ4v) is 8.22. The Kier molecular flexibility index (Phi) is 5.68. The molecule has 38 heavy (non-hydrogen) atoms. The van der Waals surface area contributed by atoms with Crippen molar-refractivity contribution in [2.45, 2.75) is 24.7 Å². The van der Waals surface area contributed by atoms with Gasteiger partial charge in [0.05, 0.1) is 16.1 Å². The molecule has 0 N–H and O–H groups in total. The minimum Gasteiger partial charge on any atom is -0.338 e. The second kappa shape index (κ2) is 9.11. The van der Waals surface area contributed by atoms with E-state index in [0.717, 1.165) is 28.5 Å². The summed E-state index contributed by atoms with van der Waals surface area (Å²) in [5.41, 5.74) is 5.06. The predicted molar refractivity (Wildman–Crippen MR) is 161 cm³/mol. The molecule has 0 radical (unpaired) electrons. The van der Waals surface area contributed by atoms with Crippen molar-refractivity contribution < 1.29 is 8.96 Å². The van der Waals surface area contributed by atoms with Crippen molar-refractivity contribution >= 4 is 66.6 Å². The molecule has 2 aliphatic rings. The van der Waals surface area contributed by atoms with E-state index in [2.05, 4.69) is 97.2 Å². The molecule has 7 rings (SSSR count). The average Bonchev–Trinajstić information content (AvgIpc) is 3.38. The molecule has 0 bridgehead atoms. The quantitative estimate of drug-likeness (QED) is 0.164. The molecule has 188 valence electrons. The van der Waals surface area contributed by atoms with Gasteiger partial charge in [0, 0.05) is 18.0 Å². The van der Waals surface area contributed by atoms with Gasteiger partial charge in [0.1, 0.15) is 17.6 Å². The molecule has 1 aromatic heterocycles. The van der Waals surface area contributed by atoms with E-state index in [-0.39, 0.29) is 5.82 Å². The Hall–Kier alpha value is -3.41. The first-order valence-electron chi connectivity index (χ1n) is 13.0. The summed E-state index contributed by atoms with van der Waals surface area (Å²) in [5.74, 6) is 0.389. The summed E-state index contributed by atoms with van der Waals surface area (Å²) in [5, 5.41) is 7.61. The number of aryl methyl sites for hydroxylation is 1. The van der Waals surface area contributed by atoms with Gasteiger partial charge in [-0.05, 0) is 82.5 Å². The molecule has 1 unspecified atom stereocenters.